The van der Waals surface area contributed by atoms with E-state index in [-0.39, 0.29) is 0 Å². The Morgan fingerprint density at radius 1 is 1.33 bits per heavy atom. The Labute approximate surface area is 76.3 Å². The van der Waals surface area contributed by atoms with Crippen molar-refractivity contribution in [1.29, 1.82) is 0 Å². The fourth-order valence-electron chi connectivity index (χ4n) is 2.21. The molecule has 0 heterocycles. The van der Waals surface area contributed by atoms with E-state index in [1.807, 2.05) is 0 Å². The lowest BCUT2D eigenvalue weighted by atomic mass is 9.89. The second-order valence-electron chi connectivity index (χ2n) is 3.82. The maximum Gasteiger partial charge on any atom is 0.0246 e. The van der Waals surface area contributed by atoms with Gasteiger partial charge in [-0.25, -0.2) is 0 Å². The molecule has 0 saturated heterocycles. The minimum atomic E-state index is 0.726. The topological polar surface area (TPSA) is 15.3 Å². The fourth-order valence-corrected chi connectivity index (χ4v) is 2.21. The molecule has 2 nitrogen and oxygen atoms in total. The van der Waals surface area contributed by atoms with Crippen LogP contribution in [0.25, 0.3) is 0 Å². The summed E-state index contributed by atoms with van der Waals surface area (Å²) in [6, 6.07) is 1.50. The van der Waals surface area contributed by atoms with Gasteiger partial charge in [0.25, 0.3) is 0 Å². The highest BCUT2D eigenvalue weighted by Gasteiger charge is 2.25. The van der Waals surface area contributed by atoms with E-state index >= 15 is 0 Å². The molecule has 1 saturated carbocycles. The van der Waals surface area contributed by atoms with Crippen molar-refractivity contribution < 1.29 is 0 Å². The van der Waals surface area contributed by atoms with Crippen LogP contribution in [0.3, 0.4) is 0 Å². The standard InChI is InChI=1S/C10H22N2/c1-4-12(3)10-8-6-5-7-9(10)11-2/h9-11H,4-8H2,1-3H3/t9-,10-/m1/s1. The second kappa shape index (κ2) is 4.83. The summed E-state index contributed by atoms with van der Waals surface area (Å²) >= 11 is 0. The molecule has 0 aromatic heterocycles. The van der Waals surface area contributed by atoms with Crippen LogP contribution < -0.4 is 5.32 Å². The lowest BCUT2D eigenvalue weighted by molar-refractivity contribution is 0.160. The maximum absolute atomic E-state index is 3.43. The van der Waals surface area contributed by atoms with Crippen molar-refractivity contribution in [2.75, 3.05) is 20.6 Å². The molecule has 0 spiro atoms. The average molecular weight is 170 g/mol. The summed E-state index contributed by atoms with van der Waals surface area (Å²) in [5.41, 5.74) is 0. The molecular weight excluding hydrogens is 148 g/mol. The first-order valence-electron chi connectivity index (χ1n) is 5.17. The summed E-state index contributed by atoms with van der Waals surface area (Å²) in [7, 11) is 4.33. The SMILES string of the molecule is CCN(C)[C@@H]1CCCC[C@H]1NC. The molecule has 0 bridgehead atoms. The van der Waals surface area contributed by atoms with Crippen molar-refractivity contribution in [3.63, 3.8) is 0 Å². The molecule has 1 fully saturated rings. The monoisotopic (exact) mass is 170 g/mol. The first-order chi connectivity index (χ1) is 5.79. The van der Waals surface area contributed by atoms with Gasteiger partial charge in [-0.15, -0.1) is 0 Å². The van der Waals surface area contributed by atoms with Crippen molar-refractivity contribution in [1.82, 2.24) is 10.2 Å². The molecule has 0 aromatic carbocycles. The number of hydrogen-bond donors (Lipinski definition) is 1. The Balaban J connectivity index is 2.46. The van der Waals surface area contributed by atoms with Crippen molar-refractivity contribution in [3.8, 4) is 0 Å². The molecule has 0 radical (unpaired) electrons. The third kappa shape index (κ3) is 2.20. The number of hydrogen-bond acceptors (Lipinski definition) is 2. The van der Waals surface area contributed by atoms with Crippen molar-refractivity contribution in [2.24, 2.45) is 0 Å². The number of nitrogens with zero attached hydrogens (tertiary/aromatic N) is 1. The van der Waals surface area contributed by atoms with Crippen LogP contribution in [0.5, 0.6) is 0 Å². The smallest absolute Gasteiger partial charge is 0.0246 e. The highest BCUT2D eigenvalue weighted by molar-refractivity contribution is 4.85. The predicted octanol–water partition coefficient (Wildman–Crippen LogP) is 1.47. The average Bonchev–Trinajstić information content (AvgIpc) is 2.16. The van der Waals surface area contributed by atoms with Crippen LogP contribution in [-0.4, -0.2) is 37.6 Å². The Hall–Kier alpha value is -0.0800. The van der Waals surface area contributed by atoms with Gasteiger partial charge in [-0.3, -0.25) is 0 Å². The van der Waals surface area contributed by atoms with Crippen molar-refractivity contribution in [3.05, 3.63) is 0 Å². The highest BCUT2D eigenvalue weighted by atomic mass is 15.2. The van der Waals surface area contributed by atoms with Crippen LogP contribution in [0.1, 0.15) is 32.6 Å². The van der Waals surface area contributed by atoms with E-state index in [0.717, 1.165) is 12.1 Å². The minimum Gasteiger partial charge on any atom is -0.315 e. The molecule has 12 heavy (non-hydrogen) atoms. The third-order valence-electron chi connectivity index (χ3n) is 3.17. The van der Waals surface area contributed by atoms with Gasteiger partial charge in [0.2, 0.25) is 0 Å². The second-order valence-corrected chi connectivity index (χ2v) is 3.82. The molecule has 1 aliphatic rings. The van der Waals surface area contributed by atoms with Crippen molar-refractivity contribution >= 4 is 0 Å². The lowest BCUT2D eigenvalue weighted by Gasteiger charge is -2.37. The van der Waals surface area contributed by atoms with Gasteiger partial charge in [0, 0.05) is 12.1 Å². The van der Waals surface area contributed by atoms with E-state index in [2.05, 4.69) is 31.2 Å². The van der Waals surface area contributed by atoms with Crippen LogP contribution in [0, 0.1) is 0 Å². The van der Waals surface area contributed by atoms with Crippen LogP contribution in [0.4, 0.5) is 0 Å². The van der Waals surface area contributed by atoms with Gasteiger partial charge >= 0.3 is 0 Å². The number of rotatable bonds is 3. The predicted molar refractivity (Wildman–Crippen MR) is 53.4 cm³/mol. The van der Waals surface area contributed by atoms with Crippen molar-refractivity contribution in [2.45, 2.75) is 44.7 Å². The third-order valence-corrected chi connectivity index (χ3v) is 3.17. The first-order valence-corrected chi connectivity index (χ1v) is 5.17. The molecule has 1 rings (SSSR count). The van der Waals surface area contributed by atoms with Gasteiger partial charge in [-0.1, -0.05) is 19.8 Å². The van der Waals surface area contributed by atoms with E-state index < -0.39 is 0 Å². The Morgan fingerprint density at radius 3 is 2.58 bits per heavy atom. The zero-order valence-electron chi connectivity index (χ0n) is 8.64. The number of likely N-dealkylation sites (N-methyl/N-ethyl adjacent to an activating group) is 2. The largest absolute Gasteiger partial charge is 0.315 e. The summed E-state index contributed by atoms with van der Waals surface area (Å²) in [6.45, 7) is 3.41. The summed E-state index contributed by atoms with van der Waals surface area (Å²) in [4.78, 5) is 2.47. The maximum atomic E-state index is 3.43. The van der Waals surface area contributed by atoms with Crippen LogP contribution in [0.2, 0.25) is 0 Å². The molecule has 1 N–H and O–H groups in total. The first kappa shape index (κ1) is 10.0. The summed E-state index contributed by atoms with van der Waals surface area (Å²) in [6.07, 6.45) is 5.54. The van der Waals surface area contributed by atoms with E-state index in [1.165, 1.54) is 32.2 Å². The highest BCUT2D eigenvalue weighted by Crippen LogP contribution is 2.21. The minimum absolute atomic E-state index is 0.726. The Kier molecular flexibility index (Phi) is 4.02. The quantitative estimate of drug-likeness (QED) is 0.690. The molecule has 0 unspecified atom stereocenters. The summed E-state index contributed by atoms with van der Waals surface area (Å²) in [5.74, 6) is 0. The fraction of sp³-hybridized carbons (Fsp3) is 1.00. The van der Waals surface area contributed by atoms with Gasteiger partial charge in [0.15, 0.2) is 0 Å². The van der Waals surface area contributed by atoms with E-state index in [4.69, 9.17) is 0 Å². The normalized spacial score (nSPS) is 31.0. The molecule has 72 valence electrons. The van der Waals surface area contributed by atoms with E-state index in [1.54, 1.807) is 0 Å². The molecule has 0 aromatic rings. The Bertz CT molecular complexity index is 125. The zero-order chi connectivity index (χ0) is 8.97. The molecule has 2 heteroatoms. The molecule has 0 aliphatic heterocycles. The van der Waals surface area contributed by atoms with Crippen LogP contribution >= 0.6 is 0 Å². The Morgan fingerprint density at radius 2 is 2.00 bits per heavy atom. The van der Waals surface area contributed by atoms with Gasteiger partial charge in [0.1, 0.15) is 0 Å². The van der Waals surface area contributed by atoms with Crippen LogP contribution in [-0.2, 0) is 0 Å². The zero-order valence-corrected chi connectivity index (χ0v) is 8.64. The van der Waals surface area contributed by atoms with Gasteiger partial charge in [-0.2, -0.15) is 0 Å². The molecule has 1 aliphatic carbocycles. The van der Waals surface area contributed by atoms with Crippen LogP contribution in [0.15, 0.2) is 0 Å². The molecular formula is C10H22N2. The molecule has 2 atom stereocenters. The lowest BCUT2D eigenvalue weighted by Crippen LogP contribution is -2.49. The number of nitrogens with one attached hydrogen (secondary N) is 1. The van der Waals surface area contributed by atoms with Gasteiger partial charge < -0.3 is 10.2 Å². The van der Waals surface area contributed by atoms with E-state index in [9.17, 15) is 0 Å². The van der Waals surface area contributed by atoms with Gasteiger partial charge in [-0.05, 0) is 33.5 Å². The van der Waals surface area contributed by atoms with Gasteiger partial charge in [0.05, 0.1) is 0 Å². The summed E-state index contributed by atoms with van der Waals surface area (Å²) in [5, 5.41) is 3.43. The molecule has 0 amide bonds. The summed E-state index contributed by atoms with van der Waals surface area (Å²) < 4.78 is 0. The van der Waals surface area contributed by atoms with E-state index in [0.29, 0.717) is 0 Å².